The highest BCUT2D eigenvalue weighted by Gasteiger charge is 2.73. The summed E-state index contributed by atoms with van der Waals surface area (Å²) < 4.78 is 38.9. The molecule has 0 radical (unpaired) electrons. The number of hydrogen-bond donors (Lipinski definition) is 0. The largest absolute Gasteiger partial charge is 0.416 e. The molecule has 3 fully saturated rings. The molecule has 2 aliphatic carbocycles. The second kappa shape index (κ2) is 7.26. The number of benzene rings is 1. The first kappa shape index (κ1) is 20.1. The summed E-state index contributed by atoms with van der Waals surface area (Å²) >= 11 is 1.95. The standard InChI is InChI=1S/C22H28F3NOS/c1-3-13-26(16-11-9-15(10-12-16)22(23,24)25)21-14(2)19(21)20(27)17-7-5-4-6-8-18(17)28-21/h9-12,14,17-19H,3-8,13H2,1-2H3. The average molecular weight is 412 g/mol. The SMILES string of the molecule is CCCN(c1ccc(C(F)(F)F)cc1)C12SC3CCCCCC3C(=O)C1C2C. The predicted octanol–water partition coefficient (Wildman–Crippen LogP) is 6.15. The van der Waals surface area contributed by atoms with Gasteiger partial charge < -0.3 is 4.90 Å². The number of nitrogens with zero attached hydrogens (tertiary/aromatic N) is 1. The van der Waals surface area contributed by atoms with Gasteiger partial charge in [-0.25, -0.2) is 0 Å². The van der Waals surface area contributed by atoms with Crippen LogP contribution in [-0.4, -0.2) is 22.4 Å². The van der Waals surface area contributed by atoms with Gasteiger partial charge in [0.1, 0.15) is 5.78 Å². The number of rotatable bonds is 4. The van der Waals surface area contributed by atoms with Crippen molar-refractivity contribution < 1.29 is 18.0 Å². The molecule has 1 aromatic carbocycles. The number of carbonyl (C=O) groups excluding carboxylic acids is 1. The minimum absolute atomic E-state index is 0.00527. The molecule has 0 spiro atoms. The zero-order valence-corrected chi connectivity index (χ0v) is 17.3. The van der Waals surface area contributed by atoms with Crippen LogP contribution in [0.25, 0.3) is 0 Å². The Balaban J connectivity index is 1.67. The summed E-state index contributed by atoms with van der Waals surface area (Å²) in [5.74, 6) is 0.828. The molecular formula is C22H28F3NOS. The predicted molar refractivity (Wildman–Crippen MR) is 107 cm³/mol. The van der Waals surface area contributed by atoms with Crippen molar-refractivity contribution in [1.82, 2.24) is 0 Å². The number of fused-ring (bicyclic) bond motifs is 2. The molecule has 0 N–H and O–H groups in total. The average Bonchev–Trinajstić information content (AvgIpc) is 3.33. The minimum Gasteiger partial charge on any atom is -0.356 e. The van der Waals surface area contributed by atoms with Crippen LogP contribution in [0.15, 0.2) is 24.3 Å². The lowest BCUT2D eigenvalue weighted by Crippen LogP contribution is -2.46. The maximum Gasteiger partial charge on any atom is 0.416 e. The van der Waals surface area contributed by atoms with Crippen LogP contribution in [-0.2, 0) is 11.0 Å². The zero-order chi connectivity index (χ0) is 20.1. The summed E-state index contributed by atoms with van der Waals surface area (Å²) in [5.41, 5.74) is 0.179. The molecule has 1 aliphatic heterocycles. The molecule has 1 heterocycles. The molecular weight excluding hydrogens is 383 g/mol. The lowest BCUT2D eigenvalue weighted by molar-refractivity contribution is -0.137. The zero-order valence-electron chi connectivity index (χ0n) is 16.5. The molecule has 3 aliphatic rings. The Kier molecular flexibility index (Phi) is 5.22. The molecule has 2 nitrogen and oxygen atoms in total. The van der Waals surface area contributed by atoms with Crippen LogP contribution in [0.5, 0.6) is 0 Å². The number of carbonyl (C=O) groups is 1. The molecule has 1 aromatic rings. The molecule has 5 unspecified atom stereocenters. The summed E-state index contributed by atoms with van der Waals surface area (Å²) in [7, 11) is 0. The lowest BCUT2D eigenvalue weighted by Gasteiger charge is -2.42. The lowest BCUT2D eigenvalue weighted by atomic mass is 9.91. The number of thioether (sulfide) groups is 1. The molecule has 0 aromatic heterocycles. The third-order valence-electron chi connectivity index (χ3n) is 6.83. The fraction of sp³-hybridized carbons (Fsp3) is 0.682. The van der Waals surface area contributed by atoms with E-state index in [4.69, 9.17) is 0 Å². The fourth-order valence-electron chi connectivity index (χ4n) is 5.39. The van der Waals surface area contributed by atoms with E-state index in [1.165, 1.54) is 25.0 Å². The van der Waals surface area contributed by atoms with Crippen molar-refractivity contribution in [3.63, 3.8) is 0 Å². The van der Waals surface area contributed by atoms with Gasteiger partial charge in [0.25, 0.3) is 0 Å². The van der Waals surface area contributed by atoms with Crippen molar-refractivity contribution in [3.8, 4) is 0 Å². The monoisotopic (exact) mass is 411 g/mol. The third-order valence-corrected chi connectivity index (χ3v) is 8.92. The van der Waals surface area contributed by atoms with Gasteiger partial charge in [-0.15, -0.1) is 11.8 Å². The van der Waals surface area contributed by atoms with E-state index in [9.17, 15) is 18.0 Å². The number of anilines is 1. The smallest absolute Gasteiger partial charge is 0.356 e. The summed E-state index contributed by atoms with van der Waals surface area (Å²) in [6.07, 6.45) is 2.16. The van der Waals surface area contributed by atoms with E-state index in [-0.39, 0.29) is 22.6 Å². The van der Waals surface area contributed by atoms with E-state index >= 15 is 0 Å². The summed E-state index contributed by atoms with van der Waals surface area (Å²) in [6.45, 7) is 4.98. The number of alkyl halides is 3. The molecule has 2 saturated carbocycles. The van der Waals surface area contributed by atoms with E-state index in [1.54, 1.807) is 12.1 Å². The fourth-order valence-corrected chi connectivity index (χ4v) is 7.67. The van der Waals surface area contributed by atoms with Crippen molar-refractivity contribution in [1.29, 1.82) is 0 Å². The van der Waals surface area contributed by atoms with Gasteiger partial charge in [-0.05, 0) is 43.5 Å². The summed E-state index contributed by atoms with van der Waals surface area (Å²) in [4.78, 5) is 15.3. The van der Waals surface area contributed by atoms with Crippen LogP contribution in [0.4, 0.5) is 18.9 Å². The quantitative estimate of drug-likeness (QED) is 0.593. The number of hydrogen-bond acceptors (Lipinski definition) is 3. The van der Waals surface area contributed by atoms with Crippen LogP contribution < -0.4 is 4.90 Å². The highest BCUT2D eigenvalue weighted by molar-refractivity contribution is 8.01. The van der Waals surface area contributed by atoms with Gasteiger partial charge in [0, 0.05) is 29.3 Å². The highest BCUT2D eigenvalue weighted by Crippen LogP contribution is 2.69. The van der Waals surface area contributed by atoms with Crippen molar-refractivity contribution in [2.75, 3.05) is 11.4 Å². The van der Waals surface area contributed by atoms with Crippen LogP contribution in [0.3, 0.4) is 0 Å². The van der Waals surface area contributed by atoms with E-state index in [2.05, 4.69) is 18.7 Å². The van der Waals surface area contributed by atoms with Gasteiger partial charge in [0.05, 0.1) is 16.4 Å². The Labute approximate surface area is 169 Å². The maximum atomic E-state index is 13.3. The summed E-state index contributed by atoms with van der Waals surface area (Å²) in [5, 5.41) is 0.352. The molecule has 0 bridgehead atoms. The van der Waals surface area contributed by atoms with Crippen molar-refractivity contribution in [3.05, 3.63) is 29.8 Å². The first-order valence-corrected chi connectivity index (χ1v) is 11.3. The van der Waals surface area contributed by atoms with Crippen molar-refractivity contribution in [2.45, 2.75) is 68.7 Å². The summed E-state index contributed by atoms with van der Waals surface area (Å²) in [6, 6.07) is 5.50. The molecule has 6 heteroatoms. The molecule has 1 saturated heterocycles. The van der Waals surface area contributed by atoms with Gasteiger partial charge >= 0.3 is 6.18 Å². The number of halogens is 3. The maximum absolute atomic E-state index is 13.3. The minimum atomic E-state index is -4.33. The van der Waals surface area contributed by atoms with Crippen LogP contribution >= 0.6 is 11.8 Å². The molecule has 28 heavy (non-hydrogen) atoms. The van der Waals surface area contributed by atoms with E-state index in [0.29, 0.717) is 11.0 Å². The second-order valence-corrected chi connectivity index (χ2v) is 10.0. The third kappa shape index (κ3) is 3.16. The Morgan fingerprint density at radius 3 is 2.46 bits per heavy atom. The second-order valence-electron chi connectivity index (χ2n) is 8.52. The molecule has 4 rings (SSSR count). The Morgan fingerprint density at radius 2 is 1.82 bits per heavy atom. The van der Waals surface area contributed by atoms with Crippen molar-refractivity contribution >= 4 is 23.2 Å². The van der Waals surface area contributed by atoms with Crippen LogP contribution in [0.2, 0.25) is 0 Å². The van der Waals surface area contributed by atoms with Gasteiger partial charge in [-0.3, -0.25) is 4.79 Å². The molecule has 5 atom stereocenters. The highest BCUT2D eigenvalue weighted by atomic mass is 32.2. The van der Waals surface area contributed by atoms with Crippen LogP contribution in [0, 0.1) is 17.8 Å². The Bertz CT molecular complexity index is 734. The van der Waals surface area contributed by atoms with E-state index < -0.39 is 11.7 Å². The Morgan fingerprint density at radius 1 is 1.14 bits per heavy atom. The molecule has 154 valence electrons. The van der Waals surface area contributed by atoms with Crippen molar-refractivity contribution in [2.24, 2.45) is 17.8 Å². The number of Topliss-reactive ketones (excluding diaryl/α,β-unsaturated/α-hetero) is 1. The Hall–Kier alpha value is -1.17. The first-order valence-electron chi connectivity index (χ1n) is 10.5. The van der Waals surface area contributed by atoms with Gasteiger partial charge in [-0.2, -0.15) is 13.2 Å². The topological polar surface area (TPSA) is 20.3 Å². The van der Waals surface area contributed by atoms with E-state index in [0.717, 1.165) is 37.9 Å². The van der Waals surface area contributed by atoms with Gasteiger partial charge in [0.15, 0.2) is 0 Å². The van der Waals surface area contributed by atoms with E-state index in [1.807, 2.05) is 11.8 Å². The number of ketones is 1. The van der Waals surface area contributed by atoms with Gasteiger partial charge in [0.2, 0.25) is 0 Å². The van der Waals surface area contributed by atoms with Crippen LogP contribution in [0.1, 0.15) is 57.9 Å². The first-order chi connectivity index (χ1) is 13.3. The van der Waals surface area contributed by atoms with Gasteiger partial charge in [-0.1, -0.05) is 33.1 Å². The molecule has 0 amide bonds. The normalized spacial score (nSPS) is 35.0.